The lowest BCUT2D eigenvalue weighted by molar-refractivity contribution is -0.115. The number of thioether (sulfide) groups is 1. The molecule has 0 unspecified atom stereocenters. The lowest BCUT2D eigenvalue weighted by Crippen LogP contribution is -2.15. The maximum absolute atomic E-state index is 13.6. The number of carbonyl (C=O) groups is 1. The Morgan fingerprint density at radius 3 is 2.62 bits per heavy atom. The molecule has 1 N–H and O–H groups in total. The average Bonchev–Trinajstić information content (AvgIpc) is 2.97. The number of anilines is 1. The quantitative estimate of drug-likeness (QED) is 0.644. The van der Waals surface area contributed by atoms with Crippen molar-refractivity contribution in [3.05, 3.63) is 71.9 Å². The predicted molar refractivity (Wildman–Crippen MR) is 98.6 cm³/mol. The van der Waals surface area contributed by atoms with Crippen LogP contribution in [0, 0.1) is 18.6 Å². The Bertz CT molecular complexity index is 909. The summed E-state index contributed by atoms with van der Waals surface area (Å²) in [4.78, 5) is 12.7. The molecule has 2 aromatic carbocycles. The van der Waals surface area contributed by atoms with Crippen LogP contribution in [0.1, 0.15) is 12.1 Å². The highest BCUT2D eigenvalue weighted by Crippen LogP contribution is 2.22. The number of amides is 1. The van der Waals surface area contributed by atoms with Crippen molar-refractivity contribution in [2.24, 2.45) is 0 Å². The molecule has 0 aliphatic heterocycles. The average molecular weight is 373 g/mol. The monoisotopic (exact) mass is 373 g/mol. The molecule has 3 aromatic rings. The number of nitrogens with zero attached hydrogens (tertiary/aromatic N) is 2. The molecule has 0 aliphatic rings. The van der Waals surface area contributed by atoms with Gasteiger partial charge in [-0.1, -0.05) is 12.1 Å². The first-order valence-electron chi connectivity index (χ1n) is 8.03. The molecule has 7 heteroatoms. The second-order valence-corrected chi connectivity index (χ2v) is 6.77. The smallest absolute Gasteiger partial charge is 0.226 e. The Morgan fingerprint density at radius 1 is 1.15 bits per heavy atom. The summed E-state index contributed by atoms with van der Waals surface area (Å²) in [5, 5.41) is 7.13. The summed E-state index contributed by atoms with van der Waals surface area (Å²) in [7, 11) is 0. The van der Waals surface area contributed by atoms with E-state index in [2.05, 4.69) is 10.4 Å². The molecule has 0 spiro atoms. The van der Waals surface area contributed by atoms with Crippen LogP contribution in [0.2, 0.25) is 0 Å². The highest BCUT2D eigenvalue weighted by molar-refractivity contribution is 7.99. The number of nitrogens with one attached hydrogen (secondary N) is 1. The zero-order valence-electron chi connectivity index (χ0n) is 14.1. The number of rotatable bonds is 6. The minimum Gasteiger partial charge on any atom is -0.311 e. The van der Waals surface area contributed by atoms with E-state index in [-0.39, 0.29) is 24.0 Å². The number of halogens is 2. The number of benzene rings is 2. The molecular formula is C19H17F2N3OS. The number of aryl methyl sites for hydroxylation is 1. The fraction of sp³-hybridized carbons (Fsp3) is 0.158. The molecule has 1 aromatic heterocycles. The van der Waals surface area contributed by atoms with Gasteiger partial charge in [-0.05, 0) is 43.3 Å². The first-order chi connectivity index (χ1) is 12.5. The molecule has 26 heavy (non-hydrogen) atoms. The summed E-state index contributed by atoms with van der Waals surface area (Å²) in [5.74, 6) is 0.139. The molecule has 0 fully saturated rings. The Hall–Kier alpha value is -2.67. The van der Waals surface area contributed by atoms with Gasteiger partial charge in [-0.25, -0.2) is 13.5 Å². The number of aromatic nitrogens is 2. The van der Waals surface area contributed by atoms with Crippen molar-refractivity contribution in [3.8, 4) is 5.69 Å². The van der Waals surface area contributed by atoms with Crippen LogP contribution in [0.4, 0.5) is 14.6 Å². The lowest BCUT2D eigenvalue weighted by atomic mass is 10.3. The van der Waals surface area contributed by atoms with Crippen LogP contribution in [-0.2, 0) is 4.79 Å². The minimum absolute atomic E-state index is 0.197. The van der Waals surface area contributed by atoms with Crippen LogP contribution in [0.25, 0.3) is 5.69 Å². The number of hydrogen-bond acceptors (Lipinski definition) is 3. The highest BCUT2D eigenvalue weighted by Gasteiger charge is 2.11. The molecule has 0 bridgehead atoms. The zero-order valence-corrected chi connectivity index (χ0v) is 14.9. The van der Waals surface area contributed by atoms with Crippen molar-refractivity contribution >= 4 is 23.5 Å². The Morgan fingerprint density at radius 2 is 1.88 bits per heavy atom. The summed E-state index contributed by atoms with van der Waals surface area (Å²) in [6.07, 6.45) is 0.229. The molecular weight excluding hydrogens is 356 g/mol. The predicted octanol–water partition coefficient (Wildman–Crippen LogP) is 4.58. The SMILES string of the molecule is Cc1cc(NC(=O)CCSc2ccccc2F)n(-c2ccc(F)cc2)n1. The van der Waals surface area contributed by atoms with Crippen LogP contribution in [0.15, 0.2) is 59.5 Å². The maximum Gasteiger partial charge on any atom is 0.226 e. The number of carbonyl (C=O) groups excluding carboxylic acids is 1. The molecule has 1 heterocycles. The van der Waals surface area contributed by atoms with Crippen molar-refractivity contribution in [1.82, 2.24) is 9.78 Å². The van der Waals surface area contributed by atoms with Gasteiger partial charge in [0.25, 0.3) is 0 Å². The van der Waals surface area contributed by atoms with Crippen LogP contribution in [0.5, 0.6) is 0 Å². The van der Waals surface area contributed by atoms with Crippen molar-refractivity contribution in [1.29, 1.82) is 0 Å². The molecule has 4 nitrogen and oxygen atoms in total. The maximum atomic E-state index is 13.6. The normalized spacial score (nSPS) is 10.7. The summed E-state index contributed by atoms with van der Waals surface area (Å²) in [6.45, 7) is 1.81. The Balaban J connectivity index is 1.63. The second-order valence-electron chi connectivity index (χ2n) is 5.64. The second kappa shape index (κ2) is 8.14. The largest absolute Gasteiger partial charge is 0.311 e. The van der Waals surface area contributed by atoms with E-state index in [1.165, 1.54) is 30.0 Å². The minimum atomic E-state index is -0.339. The van der Waals surface area contributed by atoms with E-state index < -0.39 is 0 Å². The van der Waals surface area contributed by atoms with E-state index in [4.69, 9.17) is 0 Å². The molecule has 1 amide bonds. The molecule has 0 aliphatic carbocycles. The zero-order chi connectivity index (χ0) is 18.5. The topological polar surface area (TPSA) is 46.9 Å². The Kier molecular flexibility index (Phi) is 5.68. The summed E-state index contributed by atoms with van der Waals surface area (Å²) >= 11 is 1.29. The van der Waals surface area contributed by atoms with Gasteiger partial charge in [0.1, 0.15) is 17.5 Å². The first kappa shape index (κ1) is 18.1. The van der Waals surface area contributed by atoms with Crippen LogP contribution < -0.4 is 5.32 Å². The van der Waals surface area contributed by atoms with Crippen LogP contribution in [-0.4, -0.2) is 21.4 Å². The summed E-state index contributed by atoms with van der Waals surface area (Å²) < 4.78 is 28.2. The third kappa shape index (κ3) is 4.49. The molecule has 0 radical (unpaired) electrons. The van der Waals surface area contributed by atoms with Crippen molar-refractivity contribution in [2.45, 2.75) is 18.2 Å². The van der Waals surface area contributed by atoms with Crippen LogP contribution >= 0.6 is 11.8 Å². The number of hydrogen-bond donors (Lipinski definition) is 1. The molecule has 3 rings (SSSR count). The summed E-state index contributed by atoms with van der Waals surface area (Å²) in [5.41, 5.74) is 1.38. The van der Waals surface area contributed by atoms with Gasteiger partial charge in [-0.2, -0.15) is 5.10 Å². The standard InChI is InChI=1S/C19H17F2N3OS/c1-13-12-18(24(23-13)15-8-6-14(20)7-9-15)22-19(25)10-11-26-17-5-3-2-4-16(17)21/h2-9,12H,10-11H2,1H3,(H,22,25). The fourth-order valence-corrected chi connectivity index (χ4v) is 3.28. The van der Waals surface area contributed by atoms with Gasteiger partial charge in [0.05, 0.1) is 11.4 Å². The van der Waals surface area contributed by atoms with Crippen molar-refractivity contribution in [3.63, 3.8) is 0 Å². The van der Waals surface area contributed by atoms with Gasteiger partial charge >= 0.3 is 0 Å². The highest BCUT2D eigenvalue weighted by atomic mass is 32.2. The van der Waals surface area contributed by atoms with E-state index in [9.17, 15) is 13.6 Å². The van der Waals surface area contributed by atoms with Crippen LogP contribution in [0.3, 0.4) is 0 Å². The summed E-state index contributed by atoms with van der Waals surface area (Å²) in [6, 6.07) is 14.1. The first-order valence-corrected chi connectivity index (χ1v) is 9.01. The van der Waals surface area contributed by atoms with Gasteiger partial charge in [0.2, 0.25) is 5.91 Å². The van der Waals surface area contributed by atoms with Gasteiger partial charge in [0, 0.05) is 23.1 Å². The van der Waals surface area contributed by atoms with E-state index in [0.29, 0.717) is 22.2 Å². The van der Waals surface area contributed by atoms with E-state index in [1.54, 1.807) is 41.1 Å². The molecule has 134 valence electrons. The molecule has 0 saturated carbocycles. The van der Waals surface area contributed by atoms with Crippen molar-refractivity contribution < 1.29 is 13.6 Å². The third-order valence-corrected chi connectivity index (χ3v) is 4.64. The molecule has 0 saturated heterocycles. The van der Waals surface area contributed by atoms with Gasteiger partial charge in [-0.3, -0.25) is 4.79 Å². The lowest BCUT2D eigenvalue weighted by Gasteiger charge is -2.09. The Labute approximate surface area is 154 Å². The third-order valence-electron chi connectivity index (χ3n) is 3.59. The molecule has 0 atom stereocenters. The van der Waals surface area contributed by atoms with E-state index >= 15 is 0 Å². The van der Waals surface area contributed by atoms with Gasteiger partial charge in [-0.15, -0.1) is 11.8 Å². The van der Waals surface area contributed by atoms with Crippen molar-refractivity contribution in [2.75, 3.05) is 11.1 Å². The fourth-order valence-electron chi connectivity index (χ4n) is 2.39. The van der Waals surface area contributed by atoms with E-state index in [0.717, 1.165) is 5.69 Å². The van der Waals surface area contributed by atoms with Gasteiger partial charge in [0.15, 0.2) is 0 Å². The van der Waals surface area contributed by atoms with Gasteiger partial charge < -0.3 is 5.32 Å². The van der Waals surface area contributed by atoms with E-state index in [1.807, 2.05) is 6.92 Å².